The number of fused-ring (bicyclic) bond motifs is 2. The highest BCUT2D eigenvalue weighted by atomic mass is 16.2. The molecule has 7 nitrogen and oxygen atoms in total. The van der Waals surface area contributed by atoms with Gasteiger partial charge in [-0.1, -0.05) is 48.5 Å². The number of nitrogens with two attached hydrogens (primary N) is 1. The molecule has 4 heterocycles. The van der Waals surface area contributed by atoms with Gasteiger partial charge in [-0.3, -0.25) is 9.78 Å². The van der Waals surface area contributed by atoms with Crippen molar-refractivity contribution in [2.24, 2.45) is 0 Å². The number of nitrogens with zero attached hydrogens (tertiary/aromatic N) is 5. The lowest BCUT2D eigenvalue weighted by molar-refractivity contribution is -0.125. The first-order valence-corrected chi connectivity index (χ1v) is 11.7. The van der Waals surface area contributed by atoms with Crippen LogP contribution in [0.2, 0.25) is 0 Å². The van der Waals surface area contributed by atoms with Crippen molar-refractivity contribution < 1.29 is 4.79 Å². The number of likely N-dealkylation sites (tertiary alicyclic amines) is 1. The summed E-state index contributed by atoms with van der Waals surface area (Å²) in [5.74, 6) is 0.453. The second-order valence-electron chi connectivity index (χ2n) is 8.80. The molecule has 1 aliphatic heterocycles. The van der Waals surface area contributed by atoms with Crippen molar-refractivity contribution in [2.75, 3.05) is 18.8 Å². The zero-order chi connectivity index (χ0) is 23.8. The summed E-state index contributed by atoms with van der Waals surface area (Å²) in [6.45, 7) is 1.30. The minimum atomic E-state index is 0.0147. The molecule has 35 heavy (non-hydrogen) atoms. The first-order chi connectivity index (χ1) is 17.2. The maximum Gasteiger partial charge on any atom is 0.246 e. The van der Waals surface area contributed by atoms with Gasteiger partial charge in [-0.2, -0.15) is 0 Å². The second kappa shape index (κ2) is 8.68. The van der Waals surface area contributed by atoms with Gasteiger partial charge in [0.1, 0.15) is 17.8 Å². The number of amides is 1. The first kappa shape index (κ1) is 21.0. The third kappa shape index (κ3) is 3.91. The Morgan fingerprint density at radius 1 is 1.03 bits per heavy atom. The zero-order valence-electron chi connectivity index (χ0n) is 19.1. The highest BCUT2D eigenvalue weighted by molar-refractivity contribution is 6.02. The van der Waals surface area contributed by atoms with Crippen LogP contribution in [0.25, 0.3) is 39.1 Å². The van der Waals surface area contributed by atoms with Crippen LogP contribution < -0.4 is 5.73 Å². The molecular formula is C28H24N6O. The molecule has 1 saturated heterocycles. The number of nitrogen functional groups attached to an aromatic ring is 1. The van der Waals surface area contributed by atoms with Crippen LogP contribution in [0.3, 0.4) is 0 Å². The van der Waals surface area contributed by atoms with Gasteiger partial charge in [0.25, 0.3) is 0 Å². The number of anilines is 1. The number of aromatic nitrogens is 4. The fourth-order valence-corrected chi connectivity index (χ4v) is 4.83. The monoisotopic (exact) mass is 460 g/mol. The fraction of sp³-hybridized carbons (Fsp3) is 0.143. The summed E-state index contributed by atoms with van der Waals surface area (Å²) in [7, 11) is 0. The van der Waals surface area contributed by atoms with Gasteiger partial charge in [0, 0.05) is 48.1 Å². The molecule has 0 bridgehead atoms. The summed E-state index contributed by atoms with van der Waals surface area (Å²) >= 11 is 0. The molecular weight excluding hydrogens is 436 g/mol. The van der Waals surface area contributed by atoms with Crippen LogP contribution in [0.5, 0.6) is 0 Å². The Balaban J connectivity index is 1.32. The predicted octanol–water partition coefficient (Wildman–Crippen LogP) is 4.72. The summed E-state index contributed by atoms with van der Waals surface area (Å²) < 4.78 is 2.14. The lowest BCUT2D eigenvalue weighted by Crippen LogP contribution is -2.27. The SMILES string of the molecule is Nc1ncnc2c1c(-c1cnc3ccccc3c1)cn2[C@@H]1CCN(C(=O)C=Cc2ccccc2)C1. The van der Waals surface area contributed by atoms with Crippen molar-refractivity contribution in [3.63, 3.8) is 0 Å². The number of benzene rings is 2. The van der Waals surface area contributed by atoms with Crippen LogP contribution >= 0.6 is 0 Å². The molecule has 1 fully saturated rings. The molecule has 1 aliphatic rings. The van der Waals surface area contributed by atoms with E-state index in [0.29, 0.717) is 18.9 Å². The molecule has 5 aromatic rings. The molecule has 172 valence electrons. The molecule has 2 aromatic carbocycles. The average molecular weight is 461 g/mol. The van der Waals surface area contributed by atoms with E-state index in [0.717, 1.165) is 45.0 Å². The van der Waals surface area contributed by atoms with Gasteiger partial charge in [-0.15, -0.1) is 0 Å². The van der Waals surface area contributed by atoms with Crippen molar-refractivity contribution in [1.29, 1.82) is 0 Å². The van der Waals surface area contributed by atoms with Crippen molar-refractivity contribution >= 4 is 39.7 Å². The quantitative estimate of drug-likeness (QED) is 0.392. The van der Waals surface area contributed by atoms with Crippen LogP contribution in [-0.4, -0.2) is 43.4 Å². The molecule has 0 radical (unpaired) electrons. The van der Waals surface area contributed by atoms with E-state index in [1.807, 2.05) is 71.8 Å². The Bertz CT molecular complexity index is 1570. The van der Waals surface area contributed by atoms with E-state index < -0.39 is 0 Å². The standard InChI is InChI=1S/C28H24N6O/c29-27-26-23(21-14-20-8-4-5-9-24(20)30-15-21)17-34(28(26)32-18-31-27)22-12-13-33(16-22)25(35)11-10-19-6-2-1-3-7-19/h1-11,14-15,17-18,22H,12-13,16H2,(H2,29,31,32)/t22-/m1/s1. The Morgan fingerprint density at radius 3 is 2.74 bits per heavy atom. The number of carbonyl (C=O) groups excluding carboxylic acids is 1. The van der Waals surface area contributed by atoms with Crippen LogP contribution in [-0.2, 0) is 4.79 Å². The molecule has 0 spiro atoms. The fourth-order valence-electron chi connectivity index (χ4n) is 4.83. The number of hydrogen-bond acceptors (Lipinski definition) is 5. The maximum absolute atomic E-state index is 12.8. The lowest BCUT2D eigenvalue weighted by Gasteiger charge is -2.16. The highest BCUT2D eigenvalue weighted by Gasteiger charge is 2.29. The van der Waals surface area contributed by atoms with Crippen molar-refractivity contribution in [3.8, 4) is 11.1 Å². The van der Waals surface area contributed by atoms with Gasteiger partial charge in [-0.25, -0.2) is 9.97 Å². The summed E-state index contributed by atoms with van der Waals surface area (Å²) in [6, 6.07) is 20.1. The number of hydrogen-bond donors (Lipinski definition) is 1. The Kier molecular flexibility index (Phi) is 5.22. The summed E-state index contributed by atoms with van der Waals surface area (Å²) in [5, 5.41) is 1.88. The van der Waals surface area contributed by atoms with E-state index in [-0.39, 0.29) is 11.9 Å². The Labute approximate surface area is 202 Å². The minimum Gasteiger partial charge on any atom is -0.383 e. The largest absolute Gasteiger partial charge is 0.383 e. The zero-order valence-corrected chi connectivity index (χ0v) is 19.1. The highest BCUT2D eigenvalue weighted by Crippen LogP contribution is 2.36. The Morgan fingerprint density at radius 2 is 1.86 bits per heavy atom. The van der Waals surface area contributed by atoms with Crippen LogP contribution in [0.4, 0.5) is 5.82 Å². The number of para-hydroxylation sites is 1. The van der Waals surface area contributed by atoms with Crippen molar-refractivity contribution in [3.05, 3.63) is 91.0 Å². The normalized spacial score (nSPS) is 16.0. The molecule has 6 rings (SSSR count). The van der Waals surface area contributed by atoms with Gasteiger partial charge in [0.2, 0.25) is 5.91 Å². The number of carbonyl (C=O) groups is 1. The number of rotatable bonds is 4. The summed E-state index contributed by atoms with van der Waals surface area (Å²) in [6.07, 6.45) is 9.80. The molecule has 7 heteroatoms. The van der Waals surface area contributed by atoms with E-state index in [9.17, 15) is 4.79 Å². The van der Waals surface area contributed by atoms with E-state index >= 15 is 0 Å². The van der Waals surface area contributed by atoms with Crippen LogP contribution in [0, 0.1) is 0 Å². The summed E-state index contributed by atoms with van der Waals surface area (Å²) in [5.41, 5.74) is 11.0. The molecule has 0 unspecified atom stereocenters. The average Bonchev–Trinajstić information content (AvgIpc) is 3.54. The van der Waals surface area contributed by atoms with Crippen LogP contribution in [0.1, 0.15) is 18.0 Å². The van der Waals surface area contributed by atoms with Crippen LogP contribution in [0.15, 0.2) is 85.5 Å². The van der Waals surface area contributed by atoms with E-state index in [2.05, 4.69) is 31.8 Å². The minimum absolute atomic E-state index is 0.0147. The molecule has 0 aliphatic carbocycles. The number of pyridine rings is 1. The molecule has 3 aromatic heterocycles. The van der Waals surface area contributed by atoms with Gasteiger partial charge in [-0.05, 0) is 30.2 Å². The smallest absolute Gasteiger partial charge is 0.246 e. The lowest BCUT2D eigenvalue weighted by atomic mass is 10.1. The third-order valence-corrected chi connectivity index (χ3v) is 6.63. The van der Waals surface area contributed by atoms with Crippen molar-refractivity contribution in [2.45, 2.75) is 12.5 Å². The topological polar surface area (TPSA) is 89.9 Å². The Hall–Kier alpha value is -4.52. The molecule has 1 atom stereocenters. The van der Waals surface area contributed by atoms with Gasteiger partial charge in [0.15, 0.2) is 0 Å². The third-order valence-electron chi connectivity index (χ3n) is 6.63. The van der Waals surface area contributed by atoms with Crippen molar-refractivity contribution in [1.82, 2.24) is 24.4 Å². The maximum atomic E-state index is 12.8. The van der Waals surface area contributed by atoms with E-state index in [4.69, 9.17) is 5.73 Å². The molecule has 1 amide bonds. The first-order valence-electron chi connectivity index (χ1n) is 11.7. The second-order valence-corrected chi connectivity index (χ2v) is 8.80. The molecule has 0 saturated carbocycles. The molecule has 2 N–H and O–H groups in total. The van der Waals surface area contributed by atoms with Gasteiger partial charge >= 0.3 is 0 Å². The van der Waals surface area contributed by atoms with Gasteiger partial charge in [0.05, 0.1) is 16.9 Å². The summed E-state index contributed by atoms with van der Waals surface area (Å²) in [4.78, 5) is 28.2. The van der Waals surface area contributed by atoms with E-state index in [1.54, 1.807) is 6.08 Å². The van der Waals surface area contributed by atoms with E-state index in [1.165, 1.54) is 6.33 Å². The van der Waals surface area contributed by atoms with Gasteiger partial charge < -0.3 is 15.2 Å². The predicted molar refractivity (Wildman–Crippen MR) is 138 cm³/mol.